The quantitative estimate of drug-likeness (QED) is 0.727. The molecule has 0 bridgehead atoms. The Morgan fingerprint density at radius 3 is 3.00 bits per heavy atom. The zero-order valence-electron chi connectivity index (χ0n) is 13.6. The number of ether oxygens (including phenoxy) is 1. The van der Waals surface area contributed by atoms with E-state index in [2.05, 4.69) is 20.5 Å². The van der Waals surface area contributed by atoms with Crippen LogP contribution in [0.4, 0.5) is 0 Å². The first kappa shape index (κ1) is 15.8. The molecular weight excluding hydrogens is 306 g/mol. The number of aromatic nitrogens is 4. The predicted molar refractivity (Wildman–Crippen MR) is 89.6 cm³/mol. The van der Waals surface area contributed by atoms with Crippen LogP contribution in [0.5, 0.6) is 5.88 Å². The van der Waals surface area contributed by atoms with Crippen molar-refractivity contribution in [3.8, 4) is 17.3 Å². The Hall–Kier alpha value is -3.09. The Morgan fingerprint density at radius 1 is 1.38 bits per heavy atom. The van der Waals surface area contributed by atoms with Crippen molar-refractivity contribution in [1.82, 2.24) is 25.1 Å². The van der Waals surface area contributed by atoms with Crippen LogP contribution in [-0.2, 0) is 13.6 Å². The molecule has 0 spiro atoms. The summed E-state index contributed by atoms with van der Waals surface area (Å²) in [6.45, 7) is 2.76. The van der Waals surface area contributed by atoms with Crippen LogP contribution in [0.25, 0.3) is 11.4 Å². The molecule has 0 fully saturated rings. The first-order valence-electron chi connectivity index (χ1n) is 7.71. The van der Waals surface area contributed by atoms with Crippen molar-refractivity contribution in [1.29, 1.82) is 0 Å². The summed E-state index contributed by atoms with van der Waals surface area (Å²) in [5.41, 5.74) is 2.91. The van der Waals surface area contributed by atoms with Gasteiger partial charge in [-0.1, -0.05) is 6.07 Å². The number of nitrogens with one attached hydrogen (secondary N) is 2. The number of carbonyl (C=O) groups is 1. The summed E-state index contributed by atoms with van der Waals surface area (Å²) in [7, 11) is 1.93. The molecule has 0 unspecified atom stereocenters. The Labute approximate surface area is 139 Å². The lowest BCUT2D eigenvalue weighted by Crippen LogP contribution is -2.23. The van der Waals surface area contributed by atoms with Crippen molar-refractivity contribution >= 4 is 5.91 Å². The Bertz CT molecular complexity index is 837. The number of pyridine rings is 1. The SMILES string of the molecule is CCOc1ncccc1CNC(=O)c1cc(-c2cccn2C)n[nH]1. The van der Waals surface area contributed by atoms with Gasteiger partial charge in [0.25, 0.3) is 5.91 Å². The van der Waals surface area contributed by atoms with Crippen molar-refractivity contribution in [2.24, 2.45) is 7.05 Å². The summed E-state index contributed by atoms with van der Waals surface area (Å²) in [5.74, 6) is 0.309. The molecule has 0 atom stereocenters. The van der Waals surface area contributed by atoms with Gasteiger partial charge in [0.1, 0.15) is 11.4 Å². The van der Waals surface area contributed by atoms with E-state index in [1.54, 1.807) is 12.3 Å². The van der Waals surface area contributed by atoms with E-state index in [0.717, 1.165) is 17.0 Å². The molecule has 0 aromatic carbocycles. The van der Waals surface area contributed by atoms with Gasteiger partial charge in [0.05, 0.1) is 12.3 Å². The summed E-state index contributed by atoms with van der Waals surface area (Å²) in [6.07, 6.45) is 3.60. The fraction of sp³-hybridized carbons (Fsp3) is 0.235. The smallest absolute Gasteiger partial charge is 0.269 e. The van der Waals surface area contributed by atoms with Gasteiger partial charge in [0.2, 0.25) is 5.88 Å². The number of hydrogen-bond acceptors (Lipinski definition) is 4. The minimum Gasteiger partial charge on any atom is -0.478 e. The van der Waals surface area contributed by atoms with Gasteiger partial charge < -0.3 is 14.6 Å². The maximum Gasteiger partial charge on any atom is 0.269 e. The Morgan fingerprint density at radius 2 is 2.25 bits per heavy atom. The Kier molecular flexibility index (Phi) is 4.60. The van der Waals surface area contributed by atoms with Crippen molar-refractivity contribution in [3.63, 3.8) is 0 Å². The van der Waals surface area contributed by atoms with E-state index in [0.29, 0.717) is 24.7 Å². The summed E-state index contributed by atoms with van der Waals surface area (Å²) in [4.78, 5) is 16.5. The van der Waals surface area contributed by atoms with Gasteiger partial charge in [-0.15, -0.1) is 0 Å². The second kappa shape index (κ2) is 6.99. The maximum atomic E-state index is 12.3. The van der Waals surface area contributed by atoms with Crippen LogP contribution in [0.2, 0.25) is 0 Å². The molecule has 3 aromatic heterocycles. The molecule has 1 amide bonds. The molecule has 124 valence electrons. The van der Waals surface area contributed by atoms with Gasteiger partial charge in [0.15, 0.2) is 0 Å². The summed E-state index contributed by atoms with van der Waals surface area (Å²) in [6, 6.07) is 9.30. The van der Waals surface area contributed by atoms with E-state index in [1.807, 2.05) is 49.0 Å². The van der Waals surface area contributed by atoms with Crippen molar-refractivity contribution in [2.45, 2.75) is 13.5 Å². The topological polar surface area (TPSA) is 84.8 Å². The largest absolute Gasteiger partial charge is 0.478 e. The minimum atomic E-state index is -0.228. The zero-order chi connectivity index (χ0) is 16.9. The number of amides is 1. The lowest BCUT2D eigenvalue weighted by Gasteiger charge is -2.09. The third kappa shape index (κ3) is 3.29. The molecule has 24 heavy (non-hydrogen) atoms. The average molecular weight is 325 g/mol. The predicted octanol–water partition coefficient (Wildman–Crippen LogP) is 2.14. The van der Waals surface area contributed by atoms with Gasteiger partial charge in [0, 0.05) is 31.5 Å². The molecule has 2 N–H and O–H groups in total. The van der Waals surface area contributed by atoms with Crippen LogP contribution in [0.1, 0.15) is 23.0 Å². The fourth-order valence-corrected chi connectivity index (χ4v) is 2.39. The van der Waals surface area contributed by atoms with Crippen LogP contribution in [0.3, 0.4) is 0 Å². The number of aromatic amines is 1. The van der Waals surface area contributed by atoms with Gasteiger partial charge in [-0.2, -0.15) is 5.10 Å². The van der Waals surface area contributed by atoms with Crippen LogP contribution >= 0.6 is 0 Å². The highest BCUT2D eigenvalue weighted by atomic mass is 16.5. The standard InChI is InChI=1S/C17H19N5O2/c1-3-24-17-12(6-4-8-18-17)11-19-16(23)14-10-13(20-21-14)15-7-5-9-22(15)2/h4-10H,3,11H2,1-2H3,(H,19,23)(H,20,21). The monoisotopic (exact) mass is 325 g/mol. The fourth-order valence-electron chi connectivity index (χ4n) is 2.39. The second-order valence-corrected chi connectivity index (χ2v) is 5.25. The maximum absolute atomic E-state index is 12.3. The zero-order valence-corrected chi connectivity index (χ0v) is 13.6. The number of H-pyrrole nitrogens is 1. The summed E-state index contributed by atoms with van der Waals surface area (Å²) >= 11 is 0. The van der Waals surface area contributed by atoms with Crippen molar-refractivity contribution in [3.05, 3.63) is 54.0 Å². The van der Waals surface area contributed by atoms with E-state index in [-0.39, 0.29) is 5.91 Å². The molecule has 0 aliphatic rings. The van der Waals surface area contributed by atoms with Gasteiger partial charge in [-0.05, 0) is 31.2 Å². The number of aryl methyl sites for hydroxylation is 1. The van der Waals surface area contributed by atoms with Crippen molar-refractivity contribution < 1.29 is 9.53 Å². The lowest BCUT2D eigenvalue weighted by molar-refractivity contribution is 0.0945. The molecular formula is C17H19N5O2. The summed E-state index contributed by atoms with van der Waals surface area (Å²) < 4.78 is 7.40. The molecule has 3 aromatic rings. The van der Waals surface area contributed by atoms with Gasteiger partial charge >= 0.3 is 0 Å². The van der Waals surface area contributed by atoms with Crippen LogP contribution < -0.4 is 10.1 Å². The van der Waals surface area contributed by atoms with E-state index in [9.17, 15) is 4.79 Å². The highest BCUT2D eigenvalue weighted by Gasteiger charge is 2.13. The molecule has 7 heteroatoms. The molecule has 0 saturated carbocycles. The average Bonchev–Trinajstić information content (AvgIpc) is 3.22. The van der Waals surface area contributed by atoms with E-state index in [4.69, 9.17) is 4.74 Å². The molecule has 7 nitrogen and oxygen atoms in total. The van der Waals surface area contributed by atoms with E-state index in [1.165, 1.54) is 0 Å². The molecule has 0 aliphatic heterocycles. The summed E-state index contributed by atoms with van der Waals surface area (Å²) in [5, 5.41) is 9.82. The van der Waals surface area contributed by atoms with E-state index >= 15 is 0 Å². The molecule has 3 rings (SSSR count). The normalized spacial score (nSPS) is 10.6. The molecule has 0 saturated heterocycles. The second-order valence-electron chi connectivity index (χ2n) is 5.25. The van der Waals surface area contributed by atoms with Gasteiger partial charge in [-0.3, -0.25) is 9.89 Å². The number of nitrogens with zero attached hydrogens (tertiary/aromatic N) is 3. The number of hydrogen-bond donors (Lipinski definition) is 2. The first-order valence-corrected chi connectivity index (χ1v) is 7.71. The lowest BCUT2D eigenvalue weighted by atomic mass is 10.2. The molecule has 0 radical (unpaired) electrons. The van der Waals surface area contributed by atoms with Gasteiger partial charge in [-0.25, -0.2) is 4.98 Å². The highest BCUT2D eigenvalue weighted by Crippen LogP contribution is 2.18. The molecule has 0 aliphatic carbocycles. The first-order chi connectivity index (χ1) is 11.7. The number of rotatable bonds is 6. The Balaban J connectivity index is 1.68. The van der Waals surface area contributed by atoms with Crippen LogP contribution in [0.15, 0.2) is 42.7 Å². The van der Waals surface area contributed by atoms with Crippen LogP contribution in [-0.4, -0.2) is 32.3 Å². The van der Waals surface area contributed by atoms with Crippen molar-refractivity contribution in [2.75, 3.05) is 6.61 Å². The highest BCUT2D eigenvalue weighted by molar-refractivity contribution is 5.93. The molecule has 3 heterocycles. The third-order valence-corrected chi connectivity index (χ3v) is 3.60. The number of carbonyl (C=O) groups excluding carboxylic acids is 1. The van der Waals surface area contributed by atoms with Crippen LogP contribution in [0, 0.1) is 0 Å². The third-order valence-electron chi connectivity index (χ3n) is 3.60. The minimum absolute atomic E-state index is 0.228. The van der Waals surface area contributed by atoms with E-state index < -0.39 is 0 Å².